The van der Waals surface area contributed by atoms with Gasteiger partial charge in [0.25, 0.3) is 0 Å². The van der Waals surface area contributed by atoms with Crippen molar-refractivity contribution in [3.63, 3.8) is 0 Å². The number of benzene rings is 7. The Morgan fingerprint density at radius 3 is 1.80 bits per heavy atom. The largest absolute Gasteiger partial charge is 0.309 e. The molecule has 0 aliphatic rings. The second-order valence-corrected chi connectivity index (χ2v) is 10.6. The van der Waals surface area contributed by atoms with Gasteiger partial charge in [0.05, 0.1) is 27.8 Å². The van der Waals surface area contributed by atoms with Crippen LogP contribution in [0.25, 0.3) is 76.5 Å². The molecule has 0 amide bonds. The molecule has 0 aliphatic carbocycles. The van der Waals surface area contributed by atoms with Gasteiger partial charge in [-0.1, -0.05) is 103 Å². The van der Waals surface area contributed by atoms with Crippen LogP contribution in [0.2, 0.25) is 0 Å². The molecule has 0 N–H and O–H groups in total. The third kappa shape index (κ3) is 2.88. The molecule has 0 saturated carbocycles. The van der Waals surface area contributed by atoms with Crippen molar-refractivity contribution in [2.45, 2.75) is 0 Å². The molecule has 2 heteroatoms. The van der Waals surface area contributed by atoms with E-state index in [1.807, 2.05) is 0 Å². The van der Waals surface area contributed by atoms with Crippen LogP contribution in [0.5, 0.6) is 0 Å². The number of rotatable bonds is 2. The Hall–Kier alpha value is -5.34. The molecule has 0 spiro atoms. The van der Waals surface area contributed by atoms with Crippen LogP contribution in [0.1, 0.15) is 0 Å². The Morgan fingerprint density at radius 1 is 0.325 bits per heavy atom. The molecule has 0 unspecified atom stereocenters. The molecule has 40 heavy (non-hydrogen) atoms. The van der Waals surface area contributed by atoms with Crippen molar-refractivity contribution in [3.8, 4) is 11.4 Å². The minimum Gasteiger partial charge on any atom is -0.309 e. The maximum Gasteiger partial charge on any atom is 0.0620 e. The molecule has 0 aliphatic heterocycles. The Morgan fingerprint density at radius 2 is 0.975 bits per heavy atom. The highest BCUT2D eigenvalue weighted by Crippen LogP contribution is 2.41. The third-order valence-electron chi connectivity index (χ3n) is 8.46. The van der Waals surface area contributed by atoms with E-state index < -0.39 is 0 Å². The van der Waals surface area contributed by atoms with Gasteiger partial charge in [-0.05, 0) is 53.2 Å². The number of nitrogens with zero attached hydrogens (tertiary/aromatic N) is 2. The molecule has 9 rings (SSSR count). The Kier molecular flexibility index (Phi) is 4.36. The van der Waals surface area contributed by atoms with Crippen LogP contribution in [0.15, 0.2) is 146 Å². The number of para-hydroxylation sites is 3. The van der Waals surface area contributed by atoms with E-state index in [1.165, 1.54) is 76.5 Å². The molecule has 0 atom stereocenters. The van der Waals surface area contributed by atoms with E-state index in [9.17, 15) is 0 Å². The summed E-state index contributed by atoms with van der Waals surface area (Å²) in [6.45, 7) is 0. The number of hydrogen-bond donors (Lipinski definition) is 0. The zero-order chi connectivity index (χ0) is 26.2. The maximum absolute atomic E-state index is 2.48. The smallest absolute Gasteiger partial charge is 0.0620 e. The van der Waals surface area contributed by atoms with Crippen LogP contribution < -0.4 is 0 Å². The summed E-state index contributed by atoms with van der Waals surface area (Å²) in [6.07, 6.45) is 0. The summed E-state index contributed by atoms with van der Waals surface area (Å²) < 4.78 is 4.89. The molecule has 2 aromatic heterocycles. The van der Waals surface area contributed by atoms with Crippen LogP contribution in [0.3, 0.4) is 0 Å². The van der Waals surface area contributed by atoms with Crippen molar-refractivity contribution in [2.75, 3.05) is 0 Å². The van der Waals surface area contributed by atoms with Crippen LogP contribution in [0.4, 0.5) is 0 Å². The average molecular weight is 509 g/mol. The van der Waals surface area contributed by atoms with E-state index in [1.54, 1.807) is 0 Å². The van der Waals surface area contributed by atoms with Gasteiger partial charge in [-0.25, -0.2) is 0 Å². The number of aromatic nitrogens is 2. The van der Waals surface area contributed by atoms with Gasteiger partial charge in [0.2, 0.25) is 0 Å². The highest BCUT2D eigenvalue weighted by molar-refractivity contribution is 6.23. The molecular weight excluding hydrogens is 484 g/mol. The van der Waals surface area contributed by atoms with Gasteiger partial charge in [-0.2, -0.15) is 0 Å². The van der Waals surface area contributed by atoms with Crippen molar-refractivity contribution in [1.29, 1.82) is 0 Å². The van der Waals surface area contributed by atoms with Gasteiger partial charge in [0.1, 0.15) is 0 Å². The number of fused-ring (bicyclic) bond motifs is 9. The predicted octanol–water partition coefficient (Wildman–Crippen LogP) is 10.2. The first-order valence-electron chi connectivity index (χ1n) is 13.8. The molecule has 0 saturated heterocycles. The summed E-state index contributed by atoms with van der Waals surface area (Å²) >= 11 is 0. The molecule has 0 radical (unpaired) electrons. The van der Waals surface area contributed by atoms with Gasteiger partial charge < -0.3 is 9.13 Å². The van der Waals surface area contributed by atoms with E-state index >= 15 is 0 Å². The standard InChI is InChI=1S/C38H24N2/c1-2-13-27(14-3-1)39-35-18-8-7-17-30(35)33-23-26-21-22-31-29-16-6-9-19-36(29)40(38(31)32(26)24-37(33)39)34-20-10-12-25-11-4-5-15-28(25)34/h1-24H. The quantitative estimate of drug-likeness (QED) is 0.220. The fourth-order valence-electron chi connectivity index (χ4n) is 6.76. The monoisotopic (exact) mass is 508 g/mol. The summed E-state index contributed by atoms with van der Waals surface area (Å²) in [5.41, 5.74) is 7.31. The molecule has 2 heterocycles. The minimum atomic E-state index is 1.18. The SMILES string of the molecule is c1ccc(-n2c3ccccc3c3cc4ccc5c6ccccc6n(-c6cccc7ccccc67)c5c4cc32)cc1. The number of hydrogen-bond acceptors (Lipinski definition) is 0. The molecule has 0 bridgehead atoms. The fraction of sp³-hybridized carbons (Fsp3) is 0. The normalized spacial score (nSPS) is 12.0. The third-order valence-corrected chi connectivity index (χ3v) is 8.46. The van der Waals surface area contributed by atoms with E-state index in [4.69, 9.17) is 0 Å². The molecule has 2 nitrogen and oxygen atoms in total. The van der Waals surface area contributed by atoms with Crippen molar-refractivity contribution >= 4 is 65.2 Å². The molecular formula is C38H24N2. The topological polar surface area (TPSA) is 9.86 Å². The first-order valence-corrected chi connectivity index (χ1v) is 13.8. The highest BCUT2D eigenvalue weighted by atomic mass is 15.0. The maximum atomic E-state index is 2.48. The second kappa shape index (κ2) is 8.08. The zero-order valence-corrected chi connectivity index (χ0v) is 21.8. The molecule has 0 fully saturated rings. The lowest BCUT2D eigenvalue weighted by Gasteiger charge is -2.13. The van der Waals surface area contributed by atoms with Crippen molar-refractivity contribution < 1.29 is 0 Å². The van der Waals surface area contributed by atoms with Gasteiger partial charge in [-0.15, -0.1) is 0 Å². The summed E-state index contributed by atoms with van der Waals surface area (Å²) in [5, 5.41) is 10.1. The van der Waals surface area contributed by atoms with Gasteiger partial charge >= 0.3 is 0 Å². The van der Waals surface area contributed by atoms with Crippen molar-refractivity contribution in [3.05, 3.63) is 146 Å². The highest BCUT2D eigenvalue weighted by Gasteiger charge is 2.19. The van der Waals surface area contributed by atoms with Crippen molar-refractivity contribution in [1.82, 2.24) is 9.13 Å². The van der Waals surface area contributed by atoms with Crippen LogP contribution in [-0.4, -0.2) is 9.13 Å². The molecule has 7 aromatic carbocycles. The second-order valence-electron chi connectivity index (χ2n) is 10.6. The van der Waals surface area contributed by atoms with E-state index in [-0.39, 0.29) is 0 Å². The lowest BCUT2D eigenvalue weighted by molar-refractivity contribution is 1.18. The first kappa shape index (κ1) is 21.6. The summed E-state index contributed by atoms with van der Waals surface area (Å²) in [6, 6.07) is 53.0. The van der Waals surface area contributed by atoms with Crippen molar-refractivity contribution in [2.24, 2.45) is 0 Å². The van der Waals surface area contributed by atoms with E-state index in [0.717, 1.165) is 0 Å². The van der Waals surface area contributed by atoms with E-state index in [0.29, 0.717) is 0 Å². The van der Waals surface area contributed by atoms with Crippen LogP contribution in [-0.2, 0) is 0 Å². The fourth-order valence-corrected chi connectivity index (χ4v) is 6.76. The molecule has 9 aromatic rings. The Labute approximate surface area is 230 Å². The zero-order valence-electron chi connectivity index (χ0n) is 21.8. The first-order chi connectivity index (χ1) is 19.9. The van der Waals surface area contributed by atoms with Crippen LogP contribution in [0, 0.1) is 0 Å². The predicted molar refractivity (Wildman–Crippen MR) is 170 cm³/mol. The van der Waals surface area contributed by atoms with Gasteiger partial charge in [-0.3, -0.25) is 0 Å². The summed E-state index contributed by atoms with van der Waals surface area (Å²) in [4.78, 5) is 0. The van der Waals surface area contributed by atoms with Gasteiger partial charge in [0, 0.05) is 38.0 Å². The summed E-state index contributed by atoms with van der Waals surface area (Å²) in [5.74, 6) is 0. The Balaban J connectivity index is 1.51. The summed E-state index contributed by atoms with van der Waals surface area (Å²) in [7, 11) is 0. The molecule has 186 valence electrons. The lowest BCUT2D eigenvalue weighted by Crippen LogP contribution is -1.96. The van der Waals surface area contributed by atoms with Gasteiger partial charge in [0.15, 0.2) is 0 Å². The minimum absolute atomic E-state index is 1.18. The average Bonchev–Trinajstić information content (AvgIpc) is 3.53. The van der Waals surface area contributed by atoms with Crippen LogP contribution >= 0.6 is 0 Å². The Bertz CT molecular complexity index is 2420. The van der Waals surface area contributed by atoms with E-state index in [2.05, 4.69) is 155 Å². The lowest BCUT2D eigenvalue weighted by atomic mass is 10.0.